The summed E-state index contributed by atoms with van der Waals surface area (Å²) in [7, 11) is 0. The van der Waals surface area contributed by atoms with Crippen molar-refractivity contribution in [1.82, 2.24) is 19.7 Å². The van der Waals surface area contributed by atoms with Crippen molar-refractivity contribution in [3.05, 3.63) is 40.0 Å². The van der Waals surface area contributed by atoms with Crippen molar-refractivity contribution in [2.24, 2.45) is 0 Å². The predicted molar refractivity (Wildman–Crippen MR) is 122 cm³/mol. The van der Waals surface area contributed by atoms with Crippen molar-refractivity contribution in [2.45, 2.75) is 63.6 Å². The number of hydrogen-bond donors (Lipinski definition) is 1. The Kier molecular flexibility index (Phi) is 6.45. The van der Waals surface area contributed by atoms with Gasteiger partial charge < -0.3 is 9.72 Å². The fourth-order valence-electron chi connectivity index (χ4n) is 4.06. The number of thioether (sulfide) groups is 1. The molecule has 31 heavy (non-hydrogen) atoms. The molecule has 0 bridgehead atoms. The quantitative estimate of drug-likeness (QED) is 0.389. The number of hydrogen-bond acceptors (Lipinski definition) is 7. The lowest BCUT2D eigenvalue weighted by molar-refractivity contribution is 0.0953. The largest absolute Gasteiger partial charge is 0.376 e. The zero-order valence-electron chi connectivity index (χ0n) is 18.1. The second-order valence-electron chi connectivity index (χ2n) is 7.83. The van der Waals surface area contributed by atoms with Crippen LogP contribution in [-0.4, -0.2) is 49.3 Å². The zero-order chi connectivity index (χ0) is 22.1. The van der Waals surface area contributed by atoms with Gasteiger partial charge in [0.2, 0.25) is 0 Å². The van der Waals surface area contributed by atoms with E-state index in [0.717, 1.165) is 35.8 Å². The first-order valence-electron chi connectivity index (χ1n) is 10.4. The first-order chi connectivity index (χ1) is 14.9. The first-order valence-corrected chi connectivity index (χ1v) is 12.1. The molecule has 0 aliphatic carbocycles. The number of aryl methyl sites for hydroxylation is 1. The van der Waals surface area contributed by atoms with Gasteiger partial charge in [-0.3, -0.25) is 14.2 Å². The number of Topliss-reactive ketones (excluding diaryl/α,β-unsaturated/α-hetero) is 2. The molecule has 0 amide bonds. The molecular formula is C22H26N4O3S2. The van der Waals surface area contributed by atoms with Crippen LogP contribution in [0.25, 0.3) is 10.7 Å². The molecule has 3 aromatic heterocycles. The molecule has 3 aromatic rings. The van der Waals surface area contributed by atoms with Crippen molar-refractivity contribution in [3.8, 4) is 10.7 Å². The molecule has 0 aromatic carbocycles. The monoisotopic (exact) mass is 458 g/mol. The highest BCUT2D eigenvalue weighted by Gasteiger charge is 2.28. The minimum atomic E-state index is -0.389. The lowest BCUT2D eigenvalue weighted by atomic mass is 10.0. The van der Waals surface area contributed by atoms with Gasteiger partial charge in [-0.15, -0.1) is 21.5 Å². The van der Waals surface area contributed by atoms with E-state index in [9.17, 15) is 9.59 Å². The van der Waals surface area contributed by atoms with Gasteiger partial charge >= 0.3 is 0 Å². The number of carbonyl (C=O) groups is 2. The number of aromatic nitrogens is 4. The van der Waals surface area contributed by atoms with Gasteiger partial charge in [0.05, 0.1) is 28.5 Å². The SMILES string of the molecule is CC(=O)c1c(C)[nH]c(C(=O)[C@H](C)Sc2nnc(-c3cccs3)n2C[C@@H]2CCCO2)c1C. The highest BCUT2D eigenvalue weighted by molar-refractivity contribution is 8.00. The molecule has 7 nitrogen and oxygen atoms in total. The van der Waals surface area contributed by atoms with Crippen LogP contribution in [0.1, 0.15) is 58.8 Å². The number of ketones is 2. The van der Waals surface area contributed by atoms with Crippen LogP contribution in [0, 0.1) is 13.8 Å². The van der Waals surface area contributed by atoms with Crippen LogP contribution in [0.2, 0.25) is 0 Å². The summed E-state index contributed by atoms with van der Waals surface area (Å²) in [4.78, 5) is 29.3. The van der Waals surface area contributed by atoms with Crippen molar-refractivity contribution < 1.29 is 14.3 Å². The van der Waals surface area contributed by atoms with Crippen molar-refractivity contribution in [1.29, 1.82) is 0 Å². The van der Waals surface area contributed by atoms with Crippen LogP contribution in [-0.2, 0) is 11.3 Å². The first kappa shape index (κ1) is 22.0. The van der Waals surface area contributed by atoms with Crippen LogP contribution in [0.4, 0.5) is 0 Å². The number of nitrogens with one attached hydrogen (secondary N) is 1. The maximum absolute atomic E-state index is 13.2. The predicted octanol–water partition coefficient (Wildman–Crippen LogP) is 4.70. The number of thiophene rings is 1. The minimum absolute atomic E-state index is 0.0393. The minimum Gasteiger partial charge on any atom is -0.376 e. The Morgan fingerprint density at radius 2 is 2.19 bits per heavy atom. The van der Waals surface area contributed by atoms with Crippen LogP contribution in [0.15, 0.2) is 22.7 Å². The van der Waals surface area contributed by atoms with E-state index < -0.39 is 0 Å². The summed E-state index contributed by atoms with van der Waals surface area (Å²) in [5, 5.41) is 11.2. The summed E-state index contributed by atoms with van der Waals surface area (Å²) in [5.74, 6) is 0.711. The molecule has 1 aliphatic rings. The summed E-state index contributed by atoms with van der Waals surface area (Å²) in [6.45, 7) is 8.48. The molecule has 0 unspecified atom stereocenters. The van der Waals surface area contributed by atoms with Crippen molar-refractivity contribution in [2.75, 3.05) is 6.61 Å². The lowest BCUT2D eigenvalue weighted by Gasteiger charge is -2.16. The fraction of sp³-hybridized carbons (Fsp3) is 0.455. The number of carbonyl (C=O) groups excluding carboxylic acids is 2. The third-order valence-corrected chi connectivity index (χ3v) is 7.50. The molecule has 0 radical (unpaired) electrons. The summed E-state index contributed by atoms with van der Waals surface area (Å²) in [6.07, 6.45) is 2.20. The van der Waals surface area contributed by atoms with Gasteiger partial charge in [-0.2, -0.15) is 0 Å². The highest BCUT2D eigenvalue weighted by Crippen LogP contribution is 2.32. The van der Waals surface area contributed by atoms with E-state index >= 15 is 0 Å². The van der Waals surface area contributed by atoms with Crippen LogP contribution < -0.4 is 0 Å². The Bertz CT molecular complexity index is 1090. The van der Waals surface area contributed by atoms with Gasteiger partial charge in [0.15, 0.2) is 22.5 Å². The van der Waals surface area contributed by atoms with Gasteiger partial charge in [0, 0.05) is 17.9 Å². The number of H-pyrrole nitrogens is 1. The maximum Gasteiger partial charge on any atom is 0.192 e. The molecule has 4 heterocycles. The normalized spacial score (nSPS) is 17.2. The smallest absolute Gasteiger partial charge is 0.192 e. The zero-order valence-corrected chi connectivity index (χ0v) is 19.7. The van der Waals surface area contributed by atoms with E-state index in [4.69, 9.17) is 4.74 Å². The van der Waals surface area contributed by atoms with Crippen molar-refractivity contribution >= 4 is 34.7 Å². The molecule has 1 aliphatic heterocycles. The molecule has 164 valence electrons. The van der Waals surface area contributed by atoms with E-state index in [1.165, 1.54) is 18.7 Å². The second kappa shape index (κ2) is 9.10. The molecule has 0 spiro atoms. The molecule has 9 heteroatoms. The van der Waals surface area contributed by atoms with Gasteiger partial charge in [-0.05, 0) is 57.5 Å². The molecule has 1 saturated heterocycles. The molecule has 0 saturated carbocycles. The van der Waals surface area contributed by atoms with Gasteiger partial charge in [-0.25, -0.2) is 0 Å². The van der Waals surface area contributed by atoms with Crippen molar-refractivity contribution in [3.63, 3.8) is 0 Å². The van der Waals surface area contributed by atoms with E-state index in [1.807, 2.05) is 38.3 Å². The summed E-state index contributed by atoms with van der Waals surface area (Å²) >= 11 is 3.01. The highest BCUT2D eigenvalue weighted by atomic mass is 32.2. The number of nitrogens with zero attached hydrogens (tertiary/aromatic N) is 3. The topological polar surface area (TPSA) is 89.9 Å². The van der Waals surface area contributed by atoms with E-state index in [0.29, 0.717) is 28.5 Å². The fourth-order valence-corrected chi connectivity index (χ4v) is 5.69. The van der Waals surface area contributed by atoms with E-state index in [2.05, 4.69) is 19.7 Å². The Hall–Kier alpha value is -2.23. The van der Waals surface area contributed by atoms with E-state index in [1.54, 1.807) is 11.3 Å². The Morgan fingerprint density at radius 3 is 2.81 bits per heavy atom. The molecular weight excluding hydrogens is 432 g/mol. The number of ether oxygens (including phenoxy) is 1. The van der Waals surface area contributed by atoms with E-state index in [-0.39, 0.29) is 22.9 Å². The third-order valence-electron chi connectivity index (χ3n) is 5.56. The lowest BCUT2D eigenvalue weighted by Crippen LogP contribution is -2.19. The summed E-state index contributed by atoms with van der Waals surface area (Å²) < 4.78 is 7.92. The van der Waals surface area contributed by atoms with Crippen LogP contribution in [0.5, 0.6) is 0 Å². The Labute approximate surface area is 189 Å². The molecule has 4 rings (SSSR count). The number of rotatable bonds is 8. The molecule has 1 fully saturated rings. The maximum atomic E-state index is 13.2. The van der Waals surface area contributed by atoms with Gasteiger partial charge in [-0.1, -0.05) is 17.8 Å². The number of aromatic amines is 1. The molecule has 1 N–H and O–H groups in total. The second-order valence-corrected chi connectivity index (χ2v) is 10.1. The summed E-state index contributed by atoms with van der Waals surface area (Å²) in [5.41, 5.74) is 2.53. The average Bonchev–Trinajstić information content (AvgIpc) is 3.50. The van der Waals surface area contributed by atoms with Gasteiger partial charge in [0.1, 0.15) is 0 Å². The van der Waals surface area contributed by atoms with Crippen LogP contribution in [0.3, 0.4) is 0 Å². The van der Waals surface area contributed by atoms with Gasteiger partial charge in [0.25, 0.3) is 0 Å². The average molecular weight is 459 g/mol. The van der Waals surface area contributed by atoms with Crippen LogP contribution >= 0.6 is 23.1 Å². The Morgan fingerprint density at radius 1 is 1.39 bits per heavy atom. The summed E-state index contributed by atoms with van der Waals surface area (Å²) in [6, 6.07) is 4.02. The standard InChI is InChI=1S/C22H26N4O3S2/c1-12-18(14(3)27)13(2)23-19(12)20(28)15(4)31-22-25-24-21(17-8-6-10-30-17)26(22)11-16-7-5-9-29-16/h6,8,10,15-16,23H,5,7,9,11H2,1-4H3/t15-,16-/m0/s1. The third kappa shape index (κ3) is 4.40. The Balaban J connectivity index is 1.60. The molecule has 2 atom stereocenters.